The van der Waals surface area contributed by atoms with E-state index in [0.29, 0.717) is 6.42 Å². The first-order chi connectivity index (χ1) is 18.0. The van der Waals surface area contributed by atoms with Crippen LogP contribution in [-0.2, 0) is 10.2 Å². The van der Waals surface area contributed by atoms with E-state index in [-0.39, 0.29) is 24.2 Å². The summed E-state index contributed by atoms with van der Waals surface area (Å²) in [5.74, 6) is 0.178. The van der Waals surface area contributed by atoms with Gasteiger partial charge in [0.05, 0.1) is 17.6 Å². The van der Waals surface area contributed by atoms with Gasteiger partial charge in [0.1, 0.15) is 12.5 Å². The number of fused-ring (bicyclic) bond motifs is 1. The number of carbonyl (C=O) groups excluding carboxylic acids is 1. The lowest BCUT2D eigenvalue weighted by atomic mass is 9.79. The number of carbonyl (C=O) groups is 1. The van der Waals surface area contributed by atoms with Crippen molar-refractivity contribution in [3.8, 4) is 0 Å². The number of aliphatic hydroxyl groups excluding tert-OH is 1. The van der Waals surface area contributed by atoms with Gasteiger partial charge in [-0.25, -0.2) is 5.43 Å². The van der Waals surface area contributed by atoms with Gasteiger partial charge in [-0.15, -0.1) is 0 Å². The third-order valence-corrected chi connectivity index (χ3v) is 8.99. The Hall–Kier alpha value is -3.26. The molecular formula is C30H33N5O2. The van der Waals surface area contributed by atoms with Crippen LogP contribution in [0.2, 0.25) is 0 Å². The van der Waals surface area contributed by atoms with Crippen molar-refractivity contribution >= 4 is 28.7 Å². The normalized spacial score (nSPS) is 29.6. The molecule has 3 aromatic rings. The van der Waals surface area contributed by atoms with E-state index >= 15 is 0 Å². The molecule has 7 nitrogen and oxygen atoms in total. The van der Waals surface area contributed by atoms with Gasteiger partial charge in [-0.1, -0.05) is 54.6 Å². The number of nitrogens with one attached hydrogen (secondary N) is 1. The van der Waals surface area contributed by atoms with Crippen molar-refractivity contribution in [2.24, 2.45) is 4.99 Å². The highest BCUT2D eigenvalue weighted by Gasteiger charge is 2.51. The van der Waals surface area contributed by atoms with Crippen LogP contribution >= 0.6 is 0 Å². The number of aliphatic hydroxyl groups is 1. The van der Waals surface area contributed by atoms with E-state index in [0.717, 1.165) is 42.7 Å². The van der Waals surface area contributed by atoms with Gasteiger partial charge in [-0.2, -0.15) is 0 Å². The van der Waals surface area contributed by atoms with Gasteiger partial charge >= 0.3 is 0 Å². The number of likely N-dealkylation sites (tertiary alicyclic amines) is 1. The lowest BCUT2D eigenvalue weighted by Gasteiger charge is -2.41. The smallest absolute Gasteiger partial charge is 0.237 e. The van der Waals surface area contributed by atoms with Crippen molar-refractivity contribution in [2.75, 3.05) is 25.0 Å². The van der Waals surface area contributed by atoms with Crippen LogP contribution in [0, 0.1) is 0 Å². The minimum atomic E-state index is -0.618. The Labute approximate surface area is 217 Å². The average molecular weight is 496 g/mol. The fourth-order valence-corrected chi connectivity index (χ4v) is 7.22. The van der Waals surface area contributed by atoms with E-state index in [1.807, 2.05) is 30.3 Å². The van der Waals surface area contributed by atoms with Crippen LogP contribution in [0.1, 0.15) is 55.0 Å². The standard InChI is InChI=1S/C30H33N5O2/c1-30(17-25-31-18-33(2)32-25)23-11-3-4-12-24(23)35(29(30)37)20-13-15-34(16-14-20)27-21-9-5-7-19-8-6-10-22(26(19)21)28(27)36/h3-12,18,20,25,27-28,32,36H,13-17H2,1-2H3. The molecule has 3 heterocycles. The van der Waals surface area contributed by atoms with Crippen LogP contribution in [0.15, 0.2) is 65.7 Å². The Morgan fingerprint density at radius 2 is 1.76 bits per heavy atom. The second-order valence-corrected chi connectivity index (χ2v) is 11.2. The summed E-state index contributed by atoms with van der Waals surface area (Å²) in [6, 6.07) is 21.0. The highest BCUT2D eigenvalue weighted by Crippen LogP contribution is 2.49. The number of rotatable bonds is 4. The zero-order valence-corrected chi connectivity index (χ0v) is 21.3. The molecule has 1 fully saturated rings. The molecule has 1 amide bonds. The van der Waals surface area contributed by atoms with Crippen molar-refractivity contribution in [3.05, 3.63) is 77.4 Å². The first kappa shape index (κ1) is 22.9. The van der Waals surface area contributed by atoms with Gasteiger partial charge < -0.3 is 10.0 Å². The summed E-state index contributed by atoms with van der Waals surface area (Å²) in [7, 11) is 1.93. The summed E-state index contributed by atoms with van der Waals surface area (Å²) in [6.45, 7) is 3.77. The van der Waals surface area contributed by atoms with Crippen LogP contribution in [0.5, 0.6) is 0 Å². The van der Waals surface area contributed by atoms with Gasteiger partial charge in [0.2, 0.25) is 5.91 Å². The van der Waals surface area contributed by atoms with E-state index < -0.39 is 11.5 Å². The van der Waals surface area contributed by atoms with Gasteiger partial charge in [0.15, 0.2) is 0 Å². The van der Waals surface area contributed by atoms with Crippen LogP contribution in [0.4, 0.5) is 5.69 Å². The largest absolute Gasteiger partial charge is 0.386 e. The SMILES string of the molecule is CN1C=NC(CC2(C)C(=O)N(C3CCN(C4c5cccc6cccc(c56)C4O)CC3)c3ccccc32)N1. The molecule has 0 aromatic heterocycles. The van der Waals surface area contributed by atoms with Crippen LogP contribution < -0.4 is 10.3 Å². The Morgan fingerprint density at radius 1 is 1.03 bits per heavy atom. The fraction of sp³-hybridized carbons (Fsp3) is 0.400. The van der Waals surface area contributed by atoms with Gasteiger partial charge in [-0.3, -0.25) is 19.7 Å². The predicted molar refractivity (Wildman–Crippen MR) is 145 cm³/mol. The van der Waals surface area contributed by atoms with Crippen molar-refractivity contribution in [2.45, 2.75) is 56.0 Å². The van der Waals surface area contributed by atoms with Crippen LogP contribution in [0.25, 0.3) is 10.8 Å². The molecule has 4 atom stereocenters. The lowest BCUT2D eigenvalue weighted by Crippen LogP contribution is -2.51. The highest BCUT2D eigenvalue weighted by molar-refractivity contribution is 6.08. The fourth-order valence-electron chi connectivity index (χ4n) is 7.22. The number of amides is 1. The first-order valence-electron chi connectivity index (χ1n) is 13.3. The highest BCUT2D eigenvalue weighted by atomic mass is 16.3. The summed E-state index contributed by atoms with van der Waals surface area (Å²) >= 11 is 0. The number of piperidine rings is 1. The zero-order chi connectivity index (χ0) is 25.3. The van der Waals surface area contributed by atoms with Crippen LogP contribution in [-0.4, -0.2) is 59.6 Å². The minimum absolute atomic E-state index is 0.0304. The number of hydrogen-bond donors (Lipinski definition) is 2. The Bertz CT molecular complexity index is 1410. The molecule has 1 saturated heterocycles. The third kappa shape index (κ3) is 3.38. The minimum Gasteiger partial charge on any atom is -0.386 e. The Balaban J connectivity index is 1.13. The van der Waals surface area contributed by atoms with Gasteiger partial charge in [0.25, 0.3) is 0 Å². The molecule has 0 saturated carbocycles. The second kappa shape index (κ2) is 8.38. The molecule has 3 aliphatic heterocycles. The quantitative estimate of drug-likeness (QED) is 0.575. The van der Waals surface area contributed by atoms with E-state index in [9.17, 15) is 9.90 Å². The van der Waals surface area contributed by atoms with Crippen molar-refractivity contribution < 1.29 is 9.90 Å². The number of hydrazine groups is 1. The summed E-state index contributed by atoms with van der Waals surface area (Å²) < 4.78 is 0. The molecule has 7 heteroatoms. The molecule has 2 N–H and O–H groups in total. The molecule has 3 aromatic carbocycles. The van der Waals surface area contributed by atoms with Gasteiger partial charge in [-0.05, 0) is 53.3 Å². The summed E-state index contributed by atoms with van der Waals surface area (Å²) in [6.07, 6.45) is 3.54. The number of hydrogen-bond acceptors (Lipinski definition) is 6. The molecule has 0 radical (unpaired) electrons. The molecule has 4 unspecified atom stereocenters. The number of anilines is 1. The topological polar surface area (TPSA) is 71.4 Å². The Kier molecular flexibility index (Phi) is 5.19. The molecule has 4 aliphatic rings. The molecular weight excluding hydrogens is 462 g/mol. The number of para-hydroxylation sites is 1. The number of nitrogens with zero attached hydrogens (tertiary/aromatic N) is 4. The maximum absolute atomic E-state index is 14.1. The van der Waals surface area contributed by atoms with Crippen molar-refractivity contribution in [1.82, 2.24) is 15.3 Å². The predicted octanol–water partition coefficient (Wildman–Crippen LogP) is 3.89. The third-order valence-electron chi connectivity index (χ3n) is 8.99. The first-order valence-corrected chi connectivity index (χ1v) is 13.3. The number of aliphatic imine (C=N–C) groups is 1. The monoisotopic (exact) mass is 495 g/mol. The molecule has 1 aliphatic carbocycles. The van der Waals surface area contributed by atoms with E-state index in [4.69, 9.17) is 0 Å². The molecule has 0 spiro atoms. The lowest BCUT2D eigenvalue weighted by molar-refractivity contribution is -0.123. The van der Waals surface area contributed by atoms with Crippen molar-refractivity contribution in [3.63, 3.8) is 0 Å². The molecule has 37 heavy (non-hydrogen) atoms. The maximum Gasteiger partial charge on any atom is 0.237 e. The summed E-state index contributed by atoms with van der Waals surface area (Å²) in [5.41, 5.74) is 7.10. The van der Waals surface area contributed by atoms with E-state index in [1.54, 1.807) is 6.34 Å². The summed E-state index contributed by atoms with van der Waals surface area (Å²) in [5, 5.41) is 15.6. The van der Waals surface area contributed by atoms with E-state index in [1.165, 1.54) is 16.3 Å². The second-order valence-electron chi connectivity index (χ2n) is 11.2. The zero-order valence-electron chi connectivity index (χ0n) is 21.3. The molecule has 0 bridgehead atoms. The van der Waals surface area contributed by atoms with Crippen molar-refractivity contribution in [1.29, 1.82) is 0 Å². The molecule has 7 rings (SSSR count). The van der Waals surface area contributed by atoms with Crippen LogP contribution in [0.3, 0.4) is 0 Å². The van der Waals surface area contributed by atoms with E-state index in [2.05, 4.69) is 69.6 Å². The Morgan fingerprint density at radius 3 is 2.49 bits per heavy atom. The summed E-state index contributed by atoms with van der Waals surface area (Å²) in [4.78, 5) is 23.2. The number of benzene rings is 3. The van der Waals surface area contributed by atoms with Gasteiger partial charge in [0, 0.05) is 38.3 Å². The average Bonchev–Trinajstić information content (AvgIpc) is 3.52. The maximum atomic E-state index is 14.1. The molecule has 190 valence electrons.